The van der Waals surface area contributed by atoms with Gasteiger partial charge in [-0.2, -0.15) is 0 Å². The van der Waals surface area contributed by atoms with Gasteiger partial charge in [0.2, 0.25) is 16.3 Å². The number of hydrogen-bond donors (Lipinski definition) is 0. The number of hydrogen-bond acceptors (Lipinski definition) is 1. The molecule has 0 aromatic carbocycles. The summed E-state index contributed by atoms with van der Waals surface area (Å²) in [6.45, 7) is 33.9. The van der Waals surface area contributed by atoms with Crippen LogP contribution in [0.2, 0.25) is 0 Å². The molecule has 0 unspecified atom stereocenters. The third kappa shape index (κ3) is 10.5. The summed E-state index contributed by atoms with van der Waals surface area (Å²) in [7, 11) is 0. The van der Waals surface area contributed by atoms with Gasteiger partial charge in [0.15, 0.2) is 4.86 Å². The fourth-order valence-electron chi connectivity index (χ4n) is 2.70. The number of rotatable bonds is 5. The van der Waals surface area contributed by atoms with Crippen molar-refractivity contribution in [1.29, 1.82) is 0 Å². The third-order valence-corrected chi connectivity index (χ3v) is 9.26. The smallest absolute Gasteiger partial charge is 0.0978 e. The lowest BCUT2D eigenvalue weighted by molar-refractivity contribution is 0.521. The van der Waals surface area contributed by atoms with Crippen molar-refractivity contribution >= 4 is 28.0 Å². The Morgan fingerprint density at radius 3 is 1.68 bits per heavy atom. The van der Waals surface area contributed by atoms with Crippen molar-refractivity contribution in [2.24, 2.45) is 21.7 Å². The zero-order valence-electron chi connectivity index (χ0n) is 24.1. The average molecular weight is 498 g/mol. The molecule has 34 heavy (non-hydrogen) atoms. The lowest BCUT2D eigenvalue weighted by Gasteiger charge is -2.31. The second-order valence-corrected chi connectivity index (χ2v) is 15.6. The molecule has 0 amide bonds. The lowest BCUT2D eigenvalue weighted by atomic mass is 9.91. The molecule has 188 valence electrons. The van der Waals surface area contributed by atoms with Crippen LogP contribution in [-0.4, -0.2) is 4.86 Å². The summed E-state index contributed by atoms with van der Waals surface area (Å²) in [4.78, 5) is 5.61. The Labute approximate surface area is 220 Å². The van der Waals surface area contributed by atoms with Gasteiger partial charge in [0.05, 0.1) is 0 Å². The summed E-state index contributed by atoms with van der Waals surface area (Å²) < 4.78 is 0. The minimum absolute atomic E-state index is 0.0847. The summed E-state index contributed by atoms with van der Waals surface area (Å²) in [6, 6.07) is 0. The van der Waals surface area contributed by atoms with Crippen LogP contribution in [0.15, 0.2) is 81.0 Å². The Morgan fingerprint density at radius 1 is 0.765 bits per heavy atom. The minimum atomic E-state index is 0.0847. The highest BCUT2D eigenvalue weighted by atomic mass is 32.2. The van der Waals surface area contributed by atoms with Gasteiger partial charge >= 0.3 is 0 Å². The summed E-state index contributed by atoms with van der Waals surface area (Å²) in [6.07, 6.45) is 17.5. The quantitative estimate of drug-likeness (QED) is 0.207. The van der Waals surface area contributed by atoms with E-state index in [-0.39, 0.29) is 21.7 Å². The SMILES string of the molecule is C=C(/C=C(\[S+]=C(C)C(C)(C)C)C(C)(C)C)/C=C/C=C/C=C1C=C(C(C)(C)C)SC(C(C)(C)C)=C1. The van der Waals surface area contributed by atoms with E-state index < -0.39 is 0 Å². The monoisotopic (exact) mass is 497 g/mol. The van der Waals surface area contributed by atoms with Gasteiger partial charge in [-0.25, -0.2) is 0 Å². The largest absolute Gasteiger partial charge is 0.214 e. The molecule has 0 N–H and O–H groups in total. The van der Waals surface area contributed by atoms with Crippen LogP contribution in [0.5, 0.6) is 0 Å². The summed E-state index contributed by atoms with van der Waals surface area (Å²) in [5, 5.41) is 0. The lowest BCUT2D eigenvalue weighted by Crippen LogP contribution is -2.20. The highest BCUT2D eigenvalue weighted by Gasteiger charge is 2.31. The minimum Gasteiger partial charge on any atom is -0.0978 e. The molecular formula is C32H49S2+. The Bertz CT molecular complexity index is 926. The molecule has 0 aliphatic carbocycles. The molecule has 0 bridgehead atoms. The fourth-order valence-corrected chi connectivity index (χ4v) is 5.09. The third-order valence-electron chi connectivity index (χ3n) is 5.49. The predicted molar refractivity (Wildman–Crippen MR) is 163 cm³/mol. The van der Waals surface area contributed by atoms with Gasteiger partial charge < -0.3 is 0 Å². The fraction of sp³-hybridized carbons (Fsp3) is 0.531. The van der Waals surface area contributed by atoms with Crippen molar-refractivity contribution in [3.63, 3.8) is 0 Å². The van der Waals surface area contributed by atoms with E-state index >= 15 is 0 Å². The topological polar surface area (TPSA) is 0 Å². The maximum Gasteiger partial charge on any atom is 0.214 e. The highest BCUT2D eigenvalue weighted by Crippen LogP contribution is 2.48. The van der Waals surface area contributed by atoms with Crippen molar-refractivity contribution in [1.82, 2.24) is 0 Å². The van der Waals surface area contributed by atoms with Crippen LogP contribution in [-0.2, 0) is 11.4 Å². The molecule has 1 heterocycles. The average Bonchev–Trinajstić information content (AvgIpc) is 2.64. The van der Waals surface area contributed by atoms with Gasteiger partial charge in [-0.3, -0.25) is 0 Å². The molecule has 0 saturated heterocycles. The zero-order chi connectivity index (χ0) is 26.5. The van der Waals surface area contributed by atoms with Crippen molar-refractivity contribution in [2.45, 2.75) is 90.0 Å². The summed E-state index contributed by atoms with van der Waals surface area (Å²) in [5.41, 5.74) is 2.85. The van der Waals surface area contributed by atoms with Crippen LogP contribution >= 0.6 is 11.8 Å². The van der Waals surface area contributed by atoms with E-state index in [1.54, 1.807) is 0 Å². The summed E-state index contributed by atoms with van der Waals surface area (Å²) >= 11 is 3.83. The first-order chi connectivity index (χ1) is 15.2. The molecule has 0 nitrogen and oxygen atoms in total. The first kappa shape index (κ1) is 30.7. The Balaban J connectivity index is 3.10. The molecule has 1 aliphatic rings. The van der Waals surface area contributed by atoms with Crippen molar-refractivity contribution in [2.75, 3.05) is 0 Å². The van der Waals surface area contributed by atoms with Crippen LogP contribution in [0.1, 0.15) is 90.0 Å². The van der Waals surface area contributed by atoms with Crippen LogP contribution in [0.25, 0.3) is 0 Å². The Kier molecular flexibility index (Phi) is 10.4. The maximum atomic E-state index is 4.28. The number of allylic oxidation sites excluding steroid dienone is 13. The van der Waals surface area contributed by atoms with Crippen LogP contribution in [0.3, 0.4) is 0 Å². The van der Waals surface area contributed by atoms with E-state index in [0.29, 0.717) is 0 Å². The van der Waals surface area contributed by atoms with Crippen LogP contribution in [0.4, 0.5) is 0 Å². The molecule has 1 rings (SSSR count). The molecule has 0 aromatic heterocycles. The van der Waals surface area contributed by atoms with E-state index in [1.807, 2.05) is 23.1 Å². The molecular weight excluding hydrogens is 448 g/mol. The van der Waals surface area contributed by atoms with Crippen molar-refractivity contribution in [3.05, 3.63) is 81.0 Å². The molecule has 0 spiro atoms. The standard InChI is InChI=1S/C32H49S2/c1-23(20-26(30(6,7)8)33-24(2)29(3,4)5)18-16-15-17-19-25-21-27(31(9,10)11)34-28(22-25)32(12,13)14/h15-22H,1H2,2-14H3/q+1/b17-15+,18-16+,26-20-. The molecule has 2 heteroatoms. The maximum absolute atomic E-state index is 4.28. The van der Waals surface area contributed by atoms with Gasteiger partial charge in [-0.1, -0.05) is 132 Å². The van der Waals surface area contributed by atoms with Crippen LogP contribution in [0, 0.1) is 21.7 Å². The van der Waals surface area contributed by atoms with E-state index in [1.165, 1.54) is 25.2 Å². The first-order valence-corrected chi connectivity index (χ1v) is 13.9. The van der Waals surface area contributed by atoms with E-state index in [4.69, 9.17) is 0 Å². The van der Waals surface area contributed by atoms with Gasteiger partial charge in [0.25, 0.3) is 0 Å². The first-order valence-electron chi connectivity index (χ1n) is 12.3. The van der Waals surface area contributed by atoms with Gasteiger partial charge in [0.1, 0.15) is 0 Å². The molecule has 0 saturated carbocycles. The van der Waals surface area contributed by atoms with E-state index in [2.05, 4.69) is 145 Å². The molecule has 0 atom stereocenters. The van der Waals surface area contributed by atoms with E-state index in [9.17, 15) is 0 Å². The van der Waals surface area contributed by atoms with Crippen molar-refractivity contribution < 1.29 is 0 Å². The molecule has 0 aromatic rings. The molecule has 0 fully saturated rings. The van der Waals surface area contributed by atoms with Gasteiger partial charge in [-0.15, -0.1) is 0 Å². The molecule has 1 aliphatic heterocycles. The van der Waals surface area contributed by atoms with E-state index in [0.717, 1.165) is 5.57 Å². The second-order valence-electron chi connectivity index (χ2n) is 13.3. The summed E-state index contributed by atoms with van der Waals surface area (Å²) in [5.74, 6) is 0. The van der Waals surface area contributed by atoms with Gasteiger partial charge in [0, 0.05) is 23.8 Å². The Hall–Kier alpha value is -1.38. The van der Waals surface area contributed by atoms with Crippen molar-refractivity contribution in [3.8, 4) is 0 Å². The Morgan fingerprint density at radius 2 is 1.26 bits per heavy atom. The predicted octanol–water partition coefficient (Wildman–Crippen LogP) is 10.4. The number of thioether (sulfide) groups is 1. The zero-order valence-corrected chi connectivity index (χ0v) is 25.8. The highest BCUT2D eigenvalue weighted by molar-refractivity contribution is 8.06. The van der Waals surface area contributed by atoms with Crippen LogP contribution < -0.4 is 0 Å². The molecule has 0 radical (unpaired) electrons. The normalized spacial score (nSPS) is 17.4. The van der Waals surface area contributed by atoms with Gasteiger partial charge in [-0.05, 0) is 43.9 Å². The second kappa shape index (κ2) is 11.6.